The zero-order valence-electron chi connectivity index (χ0n) is 13.6. The van der Waals surface area contributed by atoms with Crippen molar-refractivity contribution in [1.29, 1.82) is 0 Å². The van der Waals surface area contributed by atoms with Crippen LogP contribution in [0.4, 0.5) is 0 Å². The van der Waals surface area contributed by atoms with Crippen LogP contribution in [0.15, 0.2) is 30.3 Å². The topological polar surface area (TPSA) is 46.9 Å². The monoisotopic (exact) mass is 309 g/mol. The molecule has 1 aromatic carbocycles. The van der Waals surface area contributed by atoms with Gasteiger partial charge < -0.3 is 5.32 Å². The van der Waals surface area contributed by atoms with E-state index in [1.807, 2.05) is 31.2 Å². The first-order chi connectivity index (χ1) is 11.2. The predicted octanol–water partition coefficient (Wildman–Crippen LogP) is 3.38. The van der Waals surface area contributed by atoms with Gasteiger partial charge in [0, 0.05) is 29.6 Å². The summed E-state index contributed by atoms with van der Waals surface area (Å²) in [5.41, 5.74) is 4.40. The van der Waals surface area contributed by atoms with Crippen LogP contribution in [0.5, 0.6) is 0 Å². The van der Waals surface area contributed by atoms with E-state index in [0.717, 1.165) is 17.7 Å². The maximum absolute atomic E-state index is 12.3. The van der Waals surface area contributed by atoms with Gasteiger partial charge in [-0.15, -0.1) is 0 Å². The fourth-order valence-electron chi connectivity index (χ4n) is 3.12. The molecule has 0 saturated heterocycles. The third-order valence-corrected chi connectivity index (χ3v) is 4.82. The Bertz CT molecular complexity index is 726. The Kier molecular flexibility index (Phi) is 3.68. The smallest absolute Gasteiger partial charge is 0.251 e. The van der Waals surface area contributed by atoms with Crippen molar-refractivity contribution in [3.8, 4) is 0 Å². The number of aryl methyl sites for hydroxylation is 1. The van der Waals surface area contributed by atoms with Crippen LogP contribution in [0.3, 0.4) is 0 Å². The molecule has 1 heterocycles. The van der Waals surface area contributed by atoms with Crippen molar-refractivity contribution < 1.29 is 4.79 Å². The van der Waals surface area contributed by atoms with E-state index in [0.29, 0.717) is 18.4 Å². The second kappa shape index (κ2) is 5.84. The van der Waals surface area contributed by atoms with Crippen molar-refractivity contribution in [2.24, 2.45) is 0 Å². The van der Waals surface area contributed by atoms with Crippen molar-refractivity contribution in [3.63, 3.8) is 0 Å². The summed E-state index contributed by atoms with van der Waals surface area (Å²) >= 11 is 0. The van der Waals surface area contributed by atoms with Gasteiger partial charge in [-0.25, -0.2) is 0 Å². The standard InChI is InChI=1S/C19H23N3O/c1-13-4-2-3-5-16(13)19(23)20-10-11-22-18(15-8-9-15)12-17(21-22)14-6-7-14/h2-5,12,14-15H,6-11H2,1H3,(H,20,23). The first-order valence-corrected chi connectivity index (χ1v) is 8.64. The minimum Gasteiger partial charge on any atom is -0.350 e. The van der Waals surface area contributed by atoms with E-state index in [9.17, 15) is 4.79 Å². The van der Waals surface area contributed by atoms with Crippen LogP contribution < -0.4 is 5.32 Å². The molecule has 2 saturated carbocycles. The van der Waals surface area contributed by atoms with Crippen molar-refractivity contribution in [2.45, 2.75) is 51.0 Å². The fraction of sp³-hybridized carbons (Fsp3) is 0.474. The summed E-state index contributed by atoms with van der Waals surface area (Å²) in [5, 5.41) is 7.82. The lowest BCUT2D eigenvalue weighted by molar-refractivity contribution is 0.0951. The van der Waals surface area contributed by atoms with E-state index >= 15 is 0 Å². The normalized spacial score (nSPS) is 17.3. The Morgan fingerprint density at radius 2 is 1.96 bits per heavy atom. The van der Waals surface area contributed by atoms with Gasteiger partial charge in [0.1, 0.15) is 0 Å². The highest BCUT2D eigenvalue weighted by Gasteiger charge is 2.32. The molecule has 4 heteroatoms. The van der Waals surface area contributed by atoms with E-state index in [1.165, 1.54) is 37.1 Å². The summed E-state index contributed by atoms with van der Waals surface area (Å²) in [6.45, 7) is 3.35. The van der Waals surface area contributed by atoms with Crippen molar-refractivity contribution in [2.75, 3.05) is 6.54 Å². The number of rotatable bonds is 6. The van der Waals surface area contributed by atoms with Gasteiger partial charge in [-0.2, -0.15) is 5.10 Å². The lowest BCUT2D eigenvalue weighted by Gasteiger charge is -2.09. The second-order valence-electron chi connectivity index (χ2n) is 6.84. The number of aromatic nitrogens is 2. The second-order valence-corrected chi connectivity index (χ2v) is 6.84. The largest absolute Gasteiger partial charge is 0.350 e. The Labute approximate surface area is 136 Å². The van der Waals surface area contributed by atoms with E-state index in [1.54, 1.807) is 0 Å². The van der Waals surface area contributed by atoms with Crippen LogP contribution in [0.25, 0.3) is 0 Å². The zero-order chi connectivity index (χ0) is 15.8. The van der Waals surface area contributed by atoms with Gasteiger partial charge in [0.25, 0.3) is 5.91 Å². The minimum atomic E-state index is 0.00523. The number of nitrogens with one attached hydrogen (secondary N) is 1. The predicted molar refractivity (Wildman–Crippen MR) is 89.7 cm³/mol. The number of carbonyl (C=O) groups excluding carboxylic acids is 1. The molecule has 4 rings (SSSR count). The Balaban J connectivity index is 1.39. The average molecular weight is 309 g/mol. The van der Waals surface area contributed by atoms with Gasteiger partial charge in [-0.1, -0.05) is 18.2 Å². The highest BCUT2D eigenvalue weighted by molar-refractivity contribution is 5.95. The summed E-state index contributed by atoms with van der Waals surface area (Å²) < 4.78 is 2.13. The minimum absolute atomic E-state index is 0.00523. The molecule has 4 nitrogen and oxygen atoms in total. The SMILES string of the molecule is Cc1ccccc1C(=O)NCCn1nc(C2CC2)cc1C1CC1. The quantitative estimate of drug-likeness (QED) is 0.889. The molecule has 0 unspecified atom stereocenters. The average Bonchev–Trinajstić information content (AvgIpc) is 3.46. The number of hydrogen-bond donors (Lipinski definition) is 1. The number of benzene rings is 1. The van der Waals surface area contributed by atoms with Crippen molar-refractivity contribution in [3.05, 3.63) is 52.8 Å². The van der Waals surface area contributed by atoms with Crippen LogP contribution in [-0.4, -0.2) is 22.2 Å². The third kappa shape index (κ3) is 3.16. The van der Waals surface area contributed by atoms with Crippen molar-refractivity contribution in [1.82, 2.24) is 15.1 Å². The number of amides is 1. The van der Waals surface area contributed by atoms with Gasteiger partial charge in [-0.05, 0) is 50.3 Å². The molecule has 1 N–H and O–H groups in total. The van der Waals surface area contributed by atoms with E-state index < -0.39 is 0 Å². The molecule has 2 aliphatic rings. The molecule has 120 valence electrons. The molecule has 0 bridgehead atoms. The number of hydrogen-bond acceptors (Lipinski definition) is 2. The fourth-order valence-corrected chi connectivity index (χ4v) is 3.12. The van der Waals surface area contributed by atoms with Gasteiger partial charge in [0.05, 0.1) is 12.2 Å². The van der Waals surface area contributed by atoms with Crippen LogP contribution in [-0.2, 0) is 6.54 Å². The van der Waals surface area contributed by atoms with E-state index in [-0.39, 0.29) is 5.91 Å². The molecule has 0 aliphatic heterocycles. The molecule has 2 fully saturated rings. The highest BCUT2D eigenvalue weighted by Crippen LogP contribution is 2.44. The first kappa shape index (κ1) is 14.5. The molecule has 1 amide bonds. The Morgan fingerprint density at radius 3 is 2.65 bits per heavy atom. The molecule has 0 spiro atoms. The molecular weight excluding hydrogens is 286 g/mol. The zero-order valence-corrected chi connectivity index (χ0v) is 13.6. The Morgan fingerprint density at radius 1 is 1.22 bits per heavy atom. The molecule has 2 aromatic rings. The van der Waals surface area contributed by atoms with Gasteiger partial charge >= 0.3 is 0 Å². The van der Waals surface area contributed by atoms with Gasteiger partial charge in [-0.3, -0.25) is 9.48 Å². The van der Waals surface area contributed by atoms with Gasteiger partial charge in [0.15, 0.2) is 0 Å². The maximum atomic E-state index is 12.3. The summed E-state index contributed by atoms with van der Waals surface area (Å²) in [5.74, 6) is 1.39. The summed E-state index contributed by atoms with van der Waals surface area (Å²) in [6.07, 6.45) is 5.13. The van der Waals surface area contributed by atoms with Crippen LogP contribution in [0.2, 0.25) is 0 Å². The Hall–Kier alpha value is -2.10. The van der Waals surface area contributed by atoms with E-state index in [2.05, 4.69) is 16.1 Å². The lowest BCUT2D eigenvalue weighted by Crippen LogP contribution is -2.28. The molecule has 2 aliphatic carbocycles. The van der Waals surface area contributed by atoms with Crippen molar-refractivity contribution >= 4 is 5.91 Å². The van der Waals surface area contributed by atoms with Crippen LogP contribution >= 0.6 is 0 Å². The highest BCUT2D eigenvalue weighted by atomic mass is 16.1. The third-order valence-electron chi connectivity index (χ3n) is 4.82. The van der Waals surface area contributed by atoms with Gasteiger partial charge in [0.2, 0.25) is 0 Å². The van der Waals surface area contributed by atoms with E-state index in [4.69, 9.17) is 5.10 Å². The number of carbonyl (C=O) groups is 1. The lowest BCUT2D eigenvalue weighted by atomic mass is 10.1. The summed E-state index contributed by atoms with van der Waals surface area (Å²) in [7, 11) is 0. The number of nitrogens with zero attached hydrogens (tertiary/aromatic N) is 2. The molecule has 1 aromatic heterocycles. The molecule has 0 atom stereocenters. The van der Waals surface area contributed by atoms with Crippen LogP contribution in [0.1, 0.15) is 64.8 Å². The summed E-state index contributed by atoms with van der Waals surface area (Å²) in [6, 6.07) is 10.0. The molecule has 23 heavy (non-hydrogen) atoms. The molecule has 0 radical (unpaired) electrons. The maximum Gasteiger partial charge on any atom is 0.251 e. The first-order valence-electron chi connectivity index (χ1n) is 8.64. The van der Waals surface area contributed by atoms with Crippen LogP contribution in [0, 0.1) is 6.92 Å². The molecular formula is C19H23N3O. The summed E-state index contributed by atoms with van der Waals surface area (Å²) in [4.78, 5) is 12.3.